The normalized spacial score (nSPS) is 11.1. The molecular formula is C8H14FN3S. The number of nitrogens with one attached hydrogen (secondary N) is 1. The number of aromatic nitrogens is 3. The Morgan fingerprint density at radius 3 is 2.85 bits per heavy atom. The van der Waals surface area contributed by atoms with E-state index in [9.17, 15) is 4.39 Å². The molecule has 5 heteroatoms. The molecule has 0 radical (unpaired) electrons. The third-order valence-electron chi connectivity index (χ3n) is 1.74. The number of rotatable bonds is 4. The lowest BCUT2D eigenvalue weighted by atomic mass is 10.1. The van der Waals surface area contributed by atoms with Crippen LogP contribution in [0.15, 0.2) is 0 Å². The van der Waals surface area contributed by atoms with Crippen LogP contribution in [0.5, 0.6) is 0 Å². The molecule has 1 N–H and O–H groups in total. The molecule has 3 nitrogen and oxygen atoms in total. The fourth-order valence-corrected chi connectivity index (χ4v) is 1.43. The van der Waals surface area contributed by atoms with Crippen LogP contribution in [0.25, 0.3) is 0 Å². The molecule has 0 fully saturated rings. The summed E-state index contributed by atoms with van der Waals surface area (Å²) in [7, 11) is 0. The number of nitrogens with zero attached hydrogens (tertiary/aromatic N) is 2. The van der Waals surface area contributed by atoms with Crippen LogP contribution in [0.4, 0.5) is 4.39 Å². The van der Waals surface area contributed by atoms with Crippen molar-refractivity contribution in [2.75, 3.05) is 6.67 Å². The van der Waals surface area contributed by atoms with Gasteiger partial charge in [0, 0.05) is 6.42 Å². The quantitative estimate of drug-likeness (QED) is 0.760. The minimum Gasteiger partial charge on any atom is -0.302 e. The lowest BCUT2D eigenvalue weighted by Gasteiger charge is -2.05. The first kappa shape index (κ1) is 10.4. The molecule has 0 bridgehead atoms. The SMILES string of the molecule is CC(C)Cc1n[nH]c(=S)n1CCF. The molecular weight excluding hydrogens is 189 g/mol. The maximum atomic E-state index is 12.1. The predicted octanol–water partition coefficient (Wildman–Crippen LogP) is 2.11. The summed E-state index contributed by atoms with van der Waals surface area (Å²) >= 11 is 4.97. The first-order valence-electron chi connectivity index (χ1n) is 4.35. The zero-order valence-electron chi connectivity index (χ0n) is 7.88. The lowest BCUT2D eigenvalue weighted by Crippen LogP contribution is -2.08. The molecule has 1 rings (SSSR count). The van der Waals surface area contributed by atoms with Crippen LogP contribution in [-0.4, -0.2) is 21.4 Å². The molecule has 0 aromatic carbocycles. The zero-order valence-corrected chi connectivity index (χ0v) is 8.70. The second-order valence-corrected chi connectivity index (χ2v) is 3.77. The molecule has 0 aliphatic heterocycles. The van der Waals surface area contributed by atoms with Crippen LogP contribution in [0.1, 0.15) is 19.7 Å². The Hall–Kier alpha value is -0.710. The summed E-state index contributed by atoms with van der Waals surface area (Å²) in [5, 5.41) is 6.73. The van der Waals surface area contributed by atoms with Crippen LogP contribution in [0.2, 0.25) is 0 Å². The van der Waals surface area contributed by atoms with E-state index in [1.54, 1.807) is 4.57 Å². The van der Waals surface area contributed by atoms with Crippen molar-refractivity contribution in [2.24, 2.45) is 5.92 Å². The number of H-pyrrole nitrogens is 1. The summed E-state index contributed by atoms with van der Waals surface area (Å²) in [4.78, 5) is 0. The first-order chi connectivity index (χ1) is 6.15. The largest absolute Gasteiger partial charge is 0.302 e. The molecule has 0 saturated heterocycles. The number of hydrogen-bond acceptors (Lipinski definition) is 2. The molecule has 0 atom stereocenters. The van der Waals surface area contributed by atoms with Crippen LogP contribution in [0.3, 0.4) is 0 Å². The van der Waals surface area contributed by atoms with E-state index in [2.05, 4.69) is 24.0 Å². The number of hydrogen-bond donors (Lipinski definition) is 1. The van der Waals surface area contributed by atoms with Gasteiger partial charge in [0.2, 0.25) is 0 Å². The van der Waals surface area contributed by atoms with Gasteiger partial charge in [-0.2, -0.15) is 5.10 Å². The number of aromatic amines is 1. The van der Waals surface area contributed by atoms with Gasteiger partial charge in [0.25, 0.3) is 0 Å². The van der Waals surface area contributed by atoms with Crippen LogP contribution in [0, 0.1) is 10.7 Å². The van der Waals surface area contributed by atoms with Crippen LogP contribution in [-0.2, 0) is 13.0 Å². The molecule has 0 aliphatic rings. The smallest absolute Gasteiger partial charge is 0.195 e. The maximum Gasteiger partial charge on any atom is 0.195 e. The van der Waals surface area contributed by atoms with Gasteiger partial charge >= 0.3 is 0 Å². The van der Waals surface area contributed by atoms with Crippen molar-refractivity contribution < 1.29 is 4.39 Å². The molecule has 0 aliphatic carbocycles. The Balaban J connectivity index is 2.87. The van der Waals surface area contributed by atoms with E-state index >= 15 is 0 Å². The highest BCUT2D eigenvalue weighted by Gasteiger charge is 2.07. The van der Waals surface area contributed by atoms with Crippen molar-refractivity contribution in [2.45, 2.75) is 26.8 Å². The molecule has 1 aromatic heterocycles. The van der Waals surface area contributed by atoms with E-state index < -0.39 is 6.67 Å². The Morgan fingerprint density at radius 1 is 1.62 bits per heavy atom. The standard InChI is InChI=1S/C8H14FN3S/c1-6(2)5-7-10-11-8(13)12(7)4-3-9/h6H,3-5H2,1-2H3,(H,11,13). The topological polar surface area (TPSA) is 33.6 Å². The van der Waals surface area contributed by atoms with E-state index in [0.29, 0.717) is 17.2 Å². The highest BCUT2D eigenvalue weighted by molar-refractivity contribution is 7.71. The summed E-state index contributed by atoms with van der Waals surface area (Å²) in [6.07, 6.45) is 0.827. The van der Waals surface area contributed by atoms with Crippen molar-refractivity contribution in [1.29, 1.82) is 0 Å². The molecule has 0 spiro atoms. The van der Waals surface area contributed by atoms with E-state index in [1.165, 1.54) is 0 Å². The Labute approximate surface area is 82.0 Å². The molecule has 0 saturated carbocycles. The Bertz CT molecular complexity index is 315. The van der Waals surface area contributed by atoms with Gasteiger partial charge in [0.1, 0.15) is 12.5 Å². The van der Waals surface area contributed by atoms with E-state index in [4.69, 9.17) is 12.2 Å². The first-order valence-corrected chi connectivity index (χ1v) is 4.76. The number of alkyl halides is 1. The average molecular weight is 203 g/mol. The third-order valence-corrected chi connectivity index (χ3v) is 2.05. The van der Waals surface area contributed by atoms with Gasteiger partial charge in [0.05, 0.1) is 6.54 Å². The van der Waals surface area contributed by atoms with Gasteiger partial charge in [-0.25, -0.2) is 4.39 Å². The van der Waals surface area contributed by atoms with Gasteiger partial charge in [-0.15, -0.1) is 0 Å². The second-order valence-electron chi connectivity index (χ2n) is 3.38. The summed E-state index contributed by atoms with van der Waals surface area (Å²) in [5.41, 5.74) is 0. The van der Waals surface area contributed by atoms with Gasteiger partial charge in [-0.3, -0.25) is 5.10 Å². The molecule has 1 heterocycles. The highest BCUT2D eigenvalue weighted by atomic mass is 32.1. The Kier molecular flexibility index (Phi) is 3.59. The molecule has 0 amide bonds. The van der Waals surface area contributed by atoms with Gasteiger partial charge < -0.3 is 4.57 Å². The third kappa shape index (κ3) is 2.62. The van der Waals surface area contributed by atoms with Crippen molar-refractivity contribution in [3.05, 3.63) is 10.6 Å². The summed E-state index contributed by atoms with van der Waals surface area (Å²) in [6.45, 7) is 4.09. The van der Waals surface area contributed by atoms with Gasteiger partial charge in [0.15, 0.2) is 4.77 Å². The van der Waals surface area contributed by atoms with Crippen molar-refractivity contribution in [3.8, 4) is 0 Å². The summed E-state index contributed by atoms with van der Waals surface area (Å²) in [5.74, 6) is 1.35. The zero-order chi connectivity index (χ0) is 9.84. The molecule has 1 aromatic rings. The van der Waals surface area contributed by atoms with Crippen molar-refractivity contribution in [3.63, 3.8) is 0 Å². The van der Waals surface area contributed by atoms with Crippen LogP contribution >= 0.6 is 12.2 Å². The lowest BCUT2D eigenvalue weighted by molar-refractivity contribution is 0.432. The van der Waals surface area contributed by atoms with E-state index in [1.807, 2.05) is 0 Å². The van der Waals surface area contributed by atoms with Crippen molar-refractivity contribution >= 4 is 12.2 Å². The van der Waals surface area contributed by atoms with Gasteiger partial charge in [-0.1, -0.05) is 13.8 Å². The highest BCUT2D eigenvalue weighted by Crippen LogP contribution is 2.05. The fraction of sp³-hybridized carbons (Fsp3) is 0.750. The minimum absolute atomic E-state index is 0.303. The van der Waals surface area contributed by atoms with E-state index in [0.717, 1.165) is 12.2 Å². The predicted molar refractivity (Wildman–Crippen MR) is 51.9 cm³/mol. The van der Waals surface area contributed by atoms with Crippen LogP contribution < -0.4 is 0 Å². The van der Waals surface area contributed by atoms with Gasteiger partial charge in [-0.05, 0) is 18.1 Å². The molecule has 13 heavy (non-hydrogen) atoms. The number of halogens is 1. The monoisotopic (exact) mass is 203 g/mol. The fourth-order valence-electron chi connectivity index (χ4n) is 1.19. The van der Waals surface area contributed by atoms with E-state index in [-0.39, 0.29) is 0 Å². The molecule has 0 unspecified atom stereocenters. The summed E-state index contributed by atoms with van der Waals surface area (Å²) in [6, 6.07) is 0. The van der Waals surface area contributed by atoms with Crippen molar-refractivity contribution in [1.82, 2.24) is 14.8 Å². The average Bonchev–Trinajstić information content (AvgIpc) is 2.35. The second kappa shape index (κ2) is 4.50. The Morgan fingerprint density at radius 2 is 2.31 bits per heavy atom. The minimum atomic E-state index is -0.404. The summed E-state index contributed by atoms with van der Waals surface area (Å²) < 4.78 is 14.4. The maximum absolute atomic E-state index is 12.1. The molecule has 74 valence electrons.